The topological polar surface area (TPSA) is 98.7 Å². The standard InChI is InChI=1S/C14H27N3O4/c1-6-17(7-2)10(18)8-9-15-13(21)16-11(12(19)20)14(3,4)5/h11H,6-9H2,1-5H3,(H,19,20)(H2,15,16,21)/t11-/m1/s1. The lowest BCUT2D eigenvalue weighted by Gasteiger charge is -2.27. The molecule has 0 saturated heterocycles. The van der Waals surface area contributed by atoms with Crippen molar-refractivity contribution >= 4 is 17.9 Å². The Morgan fingerprint density at radius 3 is 2.05 bits per heavy atom. The molecule has 7 nitrogen and oxygen atoms in total. The maximum atomic E-state index is 11.7. The van der Waals surface area contributed by atoms with E-state index in [1.807, 2.05) is 13.8 Å². The molecule has 0 unspecified atom stereocenters. The Hall–Kier alpha value is -1.79. The fraction of sp³-hybridized carbons (Fsp3) is 0.786. The first-order valence-corrected chi connectivity index (χ1v) is 7.18. The third-order valence-electron chi connectivity index (χ3n) is 3.13. The number of urea groups is 1. The molecule has 7 heteroatoms. The van der Waals surface area contributed by atoms with Crippen LogP contribution in [0.2, 0.25) is 0 Å². The summed E-state index contributed by atoms with van der Waals surface area (Å²) in [7, 11) is 0. The highest BCUT2D eigenvalue weighted by atomic mass is 16.4. The molecule has 0 aliphatic carbocycles. The molecule has 21 heavy (non-hydrogen) atoms. The van der Waals surface area contributed by atoms with Gasteiger partial charge in [-0.3, -0.25) is 4.79 Å². The summed E-state index contributed by atoms with van der Waals surface area (Å²) in [6, 6.07) is -1.57. The number of carbonyl (C=O) groups is 3. The molecule has 0 spiro atoms. The summed E-state index contributed by atoms with van der Waals surface area (Å²) in [5.41, 5.74) is -0.597. The highest BCUT2D eigenvalue weighted by molar-refractivity contribution is 5.83. The van der Waals surface area contributed by atoms with E-state index in [9.17, 15) is 14.4 Å². The molecule has 3 N–H and O–H groups in total. The minimum atomic E-state index is -1.09. The molecule has 0 saturated carbocycles. The molecule has 0 bridgehead atoms. The molecule has 0 radical (unpaired) electrons. The number of carbonyl (C=O) groups excluding carboxylic acids is 2. The van der Waals surface area contributed by atoms with Gasteiger partial charge in [0.25, 0.3) is 0 Å². The second-order valence-corrected chi connectivity index (χ2v) is 5.85. The first-order valence-electron chi connectivity index (χ1n) is 7.18. The van der Waals surface area contributed by atoms with Gasteiger partial charge in [0.2, 0.25) is 5.91 Å². The van der Waals surface area contributed by atoms with E-state index in [4.69, 9.17) is 5.11 Å². The molecule has 0 aromatic heterocycles. The molecule has 0 aromatic rings. The first kappa shape index (κ1) is 19.2. The maximum Gasteiger partial charge on any atom is 0.326 e. The van der Waals surface area contributed by atoms with Crippen LogP contribution < -0.4 is 10.6 Å². The van der Waals surface area contributed by atoms with E-state index in [1.165, 1.54) is 0 Å². The SMILES string of the molecule is CCN(CC)C(=O)CCNC(=O)N[C@H](C(=O)O)C(C)(C)C. The second kappa shape index (κ2) is 8.49. The van der Waals surface area contributed by atoms with Crippen LogP contribution in [0, 0.1) is 5.41 Å². The van der Waals surface area contributed by atoms with Crippen LogP contribution in [0.5, 0.6) is 0 Å². The summed E-state index contributed by atoms with van der Waals surface area (Å²) in [4.78, 5) is 36.2. The number of aliphatic carboxylic acids is 1. The summed E-state index contributed by atoms with van der Waals surface area (Å²) in [6.45, 7) is 10.4. The molecule has 1 atom stereocenters. The van der Waals surface area contributed by atoms with Gasteiger partial charge in [-0.2, -0.15) is 0 Å². The minimum absolute atomic E-state index is 0.0362. The molecule has 0 aliphatic rings. The van der Waals surface area contributed by atoms with Gasteiger partial charge in [0.1, 0.15) is 6.04 Å². The highest BCUT2D eigenvalue weighted by Gasteiger charge is 2.32. The van der Waals surface area contributed by atoms with Gasteiger partial charge in [-0.1, -0.05) is 20.8 Å². The van der Waals surface area contributed by atoms with Gasteiger partial charge in [-0.25, -0.2) is 9.59 Å². The summed E-state index contributed by atoms with van der Waals surface area (Å²) >= 11 is 0. The molecule has 3 amide bonds. The third kappa shape index (κ3) is 6.97. The van der Waals surface area contributed by atoms with Crippen LogP contribution in [0.15, 0.2) is 0 Å². The van der Waals surface area contributed by atoms with Crippen molar-refractivity contribution < 1.29 is 19.5 Å². The van der Waals surface area contributed by atoms with Crippen molar-refractivity contribution in [2.24, 2.45) is 5.41 Å². The van der Waals surface area contributed by atoms with Crippen molar-refractivity contribution in [2.75, 3.05) is 19.6 Å². The summed E-state index contributed by atoms with van der Waals surface area (Å²) in [5.74, 6) is -1.12. The molecule has 0 aliphatic heterocycles. The van der Waals surface area contributed by atoms with Crippen LogP contribution in [-0.2, 0) is 9.59 Å². The zero-order valence-electron chi connectivity index (χ0n) is 13.5. The van der Waals surface area contributed by atoms with Crippen LogP contribution in [0.25, 0.3) is 0 Å². The zero-order chi connectivity index (χ0) is 16.6. The maximum absolute atomic E-state index is 11.7. The second-order valence-electron chi connectivity index (χ2n) is 5.85. The Kier molecular flexibility index (Phi) is 7.76. The van der Waals surface area contributed by atoms with E-state index >= 15 is 0 Å². The van der Waals surface area contributed by atoms with E-state index in [0.29, 0.717) is 13.1 Å². The summed E-state index contributed by atoms with van der Waals surface area (Å²) in [6.07, 6.45) is 0.197. The number of carboxylic acids is 1. The average molecular weight is 301 g/mol. The number of hydrogen-bond acceptors (Lipinski definition) is 3. The predicted octanol–water partition coefficient (Wildman–Crippen LogP) is 1.04. The molecule has 122 valence electrons. The van der Waals surface area contributed by atoms with E-state index in [1.54, 1.807) is 25.7 Å². The zero-order valence-corrected chi connectivity index (χ0v) is 13.5. The molecule has 0 heterocycles. The Morgan fingerprint density at radius 2 is 1.67 bits per heavy atom. The van der Waals surface area contributed by atoms with Crippen LogP contribution in [0.1, 0.15) is 41.0 Å². The van der Waals surface area contributed by atoms with Crippen molar-refractivity contribution in [3.8, 4) is 0 Å². The minimum Gasteiger partial charge on any atom is -0.480 e. The fourth-order valence-corrected chi connectivity index (χ4v) is 1.85. The van der Waals surface area contributed by atoms with E-state index in [-0.39, 0.29) is 18.9 Å². The molecule has 0 fully saturated rings. The van der Waals surface area contributed by atoms with Crippen LogP contribution in [-0.4, -0.2) is 53.6 Å². The van der Waals surface area contributed by atoms with E-state index in [0.717, 1.165) is 0 Å². The number of carboxylic acid groups (broad SMARTS) is 1. The number of nitrogens with zero attached hydrogens (tertiary/aromatic N) is 1. The quantitative estimate of drug-likeness (QED) is 0.654. The lowest BCUT2D eigenvalue weighted by Crippen LogP contribution is -2.52. The molecule has 0 rings (SSSR count). The van der Waals surface area contributed by atoms with Crippen LogP contribution >= 0.6 is 0 Å². The summed E-state index contributed by atoms with van der Waals surface area (Å²) in [5, 5.41) is 14.0. The van der Waals surface area contributed by atoms with Gasteiger partial charge in [0, 0.05) is 26.1 Å². The van der Waals surface area contributed by atoms with Crippen molar-refractivity contribution in [3.05, 3.63) is 0 Å². The Bertz CT molecular complexity index is 373. The largest absolute Gasteiger partial charge is 0.480 e. The number of hydrogen-bond donors (Lipinski definition) is 3. The number of nitrogens with one attached hydrogen (secondary N) is 2. The lowest BCUT2D eigenvalue weighted by molar-refractivity contribution is -0.142. The van der Waals surface area contributed by atoms with Crippen LogP contribution in [0.4, 0.5) is 4.79 Å². The Morgan fingerprint density at radius 1 is 1.14 bits per heavy atom. The van der Waals surface area contributed by atoms with Gasteiger partial charge in [-0.15, -0.1) is 0 Å². The first-order chi connectivity index (χ1) is 9.63. The third-order valence-corrected chi connectivity index (χ3v) is 3.13. The smallest absolute Gasteiger partial charge is 0.326 e. The number of rotatable bonds is 7. The summed E-state index contributed by atoms with van der Waals surface area (Å²) < 4.78 is 0. The fourth-order valence-electron chi connectivity index (χ4n) is 1.85. The van der Waals surface area contributed by atoms with Crippen molar-refractivity contribution in [2.45, 2.75) is 47.1 Å². The van der Waals surface area contributed by atoms with Gasteiger partial charge < -0.3 is 20.6 Å². The molecular formula is C14H27N3O4. The molecular weight excluding hydrogens is 274 g/mol. The van der Waals surface area contributed by atoms with E-state index < -0.39 is 23.5 Å². The highest BCUT2D eigenvalue weighted by Crippen LogP contribution is 2.19. The van der Waals surface area contributed by atoms with Gasteiger partial charge >= 0.3 is 12.0 Å². The molecule has 0 aromatic carbocycles. The van der Waals surface area contributed by atoms with E-state index in [2.05, 4.69) is 10.6 Å². The van der Waals surface area contributed by atoms with Gasteiger partial charge in [-0.05, 0) is 19.3 Å². The van der Waals surface area contributed by atoms with Gasteiger partial charge in [0.05, 0.1) is 0 Å². The Labute approximate surface area is 126 Å². The number of amides is 3. The van der Waals surface area contributed by atoms with Gasteiger partial charge in [0.15, 0.2) is 0 Å². The lowest BCUT2D eigenvalue weighted by atomic mass is 9.87. The average Bonchev–Trinajstić information content (AvgIpc) is 2.35. The normalized spacial score (nSPS) is 12.4. The Balaban J connectivity index is 4.27. The monoisotopic (exact) mass is 301 g/mol. The van der Waals surface area contributed by atoms with Crippen molar-refractivity contribution in [1.29, 1.82) is 0 Å². The predicted molar refractivity (Wildman–Crippen MR) is 80.0 cm³/mol. The van der Waals surface area contributed by atoms with Crippen molar-refractivity contribution in [3.63, 3.8) is 0 Å². The van der Waals surface area contributed by atoms with Crippen LogP contribution in [0.3, 0.4) is 0 Å². The van der Waals surface area contributed by atoms with Crippen molar-refractivity contribution in [1.82, 2.24) is 15.5 Å².